The molecule has 4 rings (SSSR count). The van der Waals surface area contributed by atoms with Gasteiger partial charge in [0.2, 0.25) is 0 Å². The highest BCUT2D eigenvalue weighted by Crippen LogP contribution is 2.32. The average Bonchev–Trinajstić information content (AvgIpc) is 3.24. The lowest BCUT2D eigenvalue weighted by atomic mass is 9.83. The number of ether oxygens (including phenoxy) is 6. The van der Waals surface area contributed by atoms with Crippen LogP contribution >= 0.6 is 0 Å². The van der Waals surface area contributed by atoms with Crippen LogP contribution in [0.4, 0.5) is 0 Å². The van der Waals surface area contributed by atoms with E-state index in [1.165, 1.54) is 0 Å². The maximum atomic E-state index is 13.1. The van der Waals surface area contributed by atoms with E-state index in [4.69, 9.17) is 28.4 Å². The van der Waals surface area contributed by atoms with Gasteiger partial charge in [-0.3, -0.25) is 20.2 Å². The summed E-state index contributed by atoms with van der Waals surface area (Å²) in [5, 5.41) is 6.36. The van der Waals surface area contributed by atoms with Gasteiger partial charge < -0.3 is 38.2 Å². The number of esters is 2. The molecule has 0 spiro atoms. The summed E-state index contributed by atoms with van der Waals surface area (Å²) >= 11 is 0. The molecule has 3 saturated heterocycles. The van der Waals surface area contributed by atoms with Gasteiger partial charge in [-0.2, -0.15) is 0 Å². The highest BCUT2D eigenvalue weighted by atomic mass is 16.6. The molecule has 41 heavy (non-hydrogen) atoms. The SMILES string of the molecule is COC1NCC(C(=O)OC2CCCOC3CC(CC(OC)C3OC)C(=O)OCCCN3CCCN(CC2)CC3)CN1. The summed E-state index contributed by atoms with van der Waals surface area (Å²) in [5.41, 5.74) is 0. The van der Waals surface area contributed by atoms with Gasteiger partial charge >= 0.3 is 11.9 Å². The third kappa shape index (κ3) is 9.82. The Morgan fingerprint density at radius 3 is 2.27 bits per heavy atom. The molecule has 7 atom stereocenters. The van der Waals surface area contributed by atoms with Crippen molar-refractivity contribution in [2.24, 2.45) is 11.8 Å². The monoisotopic (exact) mass is 584 g/mol. The minimum atomic E-state index is -0.283. The van der Waals surface area contributed by atoms with E-state index < -0.39 is 0 Å². The Balaban J connectivity index is 1.40. The molecular formula is C29H52N4O8. The number of hydrogen-bond donors (Lipinski definition) is 2. The van der Waals surface area contributed by atoms with E-state index in [0.717, 1.165) is 65.0 Å². The number of cyclic esters (lactones) is 1. The number of carbonyl (C=O) groups excluding carboxylic acids is 2. The van der Waals surface area contributed by atoms with E-state index in [1.54, 1.807) is 21.3 Å². The van der Waals surface area contributed by atoms with Crippen LogP contribution < -0.4 is 10.6 Å². The van der Waals surface area contributed by atoms with E-state index in [2.05, 4.69) is 20.4 Å². The van der Waals surface area contributed by atoms with Gasteiger partial charge in [0.15, 0.2) is 6.35 Å². The molecular weight excluding hydrogens is 532 g/mol. The molecule has 3 heterocycles. The lowest BCUT2D eigenvalue weighted by Gasteiger charge is -2.39. The number of fused-ring (bicyclic) bond motifs is 5. The van der Waals surface area contributed by atoms with Crippen LogP contribution in [-0.2, 0) is 38.0 Å². The summed E-state index contributed by atoms with van der Waals surface area (Å²) < 4.78 is 34.9. The van der Waals surface area contributed by atoms with E-state index in [9.17, 15) is 9.59 Å². The van der Waals surface area contributed by atoms with Crippen molar-refractivity contribution in [2.75, 3.05) is 86.9 Å². The number of rotatable bonds is 5. The molecule has 4 aliphatic rings. The standard InChI is InChI=1S/C29H52N4O8/c1-36-24-17-21-18-25(26(24)37-2)39-15-4-7-23(41-28(35)22-19-30-29(38-3)31-20-22)8-12-33-10-5-9-32(13-14-33)11-6-16-40-27(21)34/h21-26,29-31H,4-20H2,1-3H3. The number of methoxy groups -OCH3 is 3. The minimum Gasteiger partial charge on any atom is -0.465 e. The van der Waals surface area contributed by atoms with Crippen LogP contribution in [0.3, 0.4) is 0 Å². The van der Waals surface area contributed by atoms with Crippen molar-refractivity contribution in [1.82, 2.24) is 20.4 Å². The number of hydrogen-bond acceptors (Lipinski definition) is 12. The Bertz CT molecular complexity index is 799. The van der Waals surface area contributed by atoms with Gasteiger partial charge in [-0.25, -0.2) is 0 Å². The molecule has 0 amide bonds. The Morgan fingerprint density at radius 1 is 0.829 bits per heavy atom. The first-order valence-electron chi connectivity index (χ1n) is 15.5. The third-order valence-electron chi connectivity index (χ3n) is 8.94. The highest BCUT2D eigenvalue weighted by molar-refractivity contribution is 5.73. The van der Waals surface area contributed by atoms with Gasteiger partial charge in [0, 0.05) is 67.2 Å². The van der Waals surface area contributed by atoms with Crippen LogP contribution in [0, 0.1) is 11.8 Å². The molecule has 0 aromatic heterocycles. The zero-order valence-corrected chi connectivity index (χ0v) is 25.2. The zero-order chi connectivity index (χ0) is 29.0. The molecule has 4 bridgehead atoms. The average molecular weight is 585 g/mol. The van der Waals surface area contributed by atoms with Crippen molar-refractivity contribution in [2.45, 2.75) is 75.7 Å². The Morgan fingerprint density at radius 2 is 1.56 bits per heavy atom. The Hall–Kier alpha value is -1.38. The molecule has 236 valence electrons. The van der Waals surface area contributed by atoms with Crippen molar-refractivity contribution >= 4 is 11.9 Å². The minimum absolute atomic E-state index is 0.175. The normalized spacial score (nSPS) is 38.5. The van der Waals surface area contributed by atoms with Gasteiger partial charge in [0.05, 0.1) is 30.7 Å². The summed E-state index contributed by atoms with van der Waals surface area (Å²) in [4.78, 5) is 31.0. The summed E-state index contributed by atoms with van der Waals surface area (Å²) in [5.74, 6) is -0.893. The van der Waals surface area contributed by atoms with Crippen LogP contribution in [0.2, 0.25) is 0 Å². The molecule has 2 N–H and O–H groups in total. The van der Waals surface area contributed by atoms with Gasteiger partial charge in [0.25, 0.3) is 0 Å². The number of nitrogens with one attached hydrogen (secondary N) is 2. The molecule has 0 aromatic rings. The maximum absolute atomic E-state index is 13.1. The Kier molecular flexibility index (Phi) is 13.5. The van der Waals surface area contributed by atoms with Crippen molar-refractivity contribution in [1.29, 1.82) is 0 Å². The fourth-order valence-corrected chi connectivity index (χ4v) is 6.48. The predicted octanol–water partition coefficient (Wildman–Crippen LogP) is 0.587. The third-order valence-corrected chi connectivity index (χ3v) is 8.94. The Labute approximate surface area is 245 Å². The van der Waals surface area contributed by atoms with Crippen LogP contribution in [-0.4, -0.2) is 139 Å². The van der Waals surface area contributed by atoms with E-state index in [-0.39, 0.29) is 54.5 Å². The van der Waals surface area contributed by atoms with Gasteiger partial charge in [0.1, 0.15) is 12.2 Å². The molecule has 1 aliphatic carbocycles. The largest absolute Gasteiger partial charge is 0.465 e. The second kappa shape index (κ2) is 17.0. The number of carbonyl (C=O) groups is 2. The lowest BCUT2D eigenvalue weighted by Crippen LogP contribution is -2.55. The van der Waals surface area contributed by atoms with Crippen molar-refractivity contribution in [3.63, 3.8) is 0 Å². The summed E-state index contributed by atoms with van der Waals surface area (Å²) in [6.45, 7) is 7.81. The van der Waals surface area contributed by atoms with Crippen LogP contribution in [0.15, 0.2) is 0 Å². The molecule has 12 nitrogen and oxygen atoms in total. The summed E-state index contributed by atoms with van der Waals surface area (Å²) in [6, 6.07) is 0. The molecule has 12 heteroatoms. The van der Waals surface area contributed by atoms with E-state index in [1.807, 2.05) is 0 Å². The number of nitrogens with zero attached hydrogens (tertiary/aromatic N) is 2. The predicted molar refractivity (Wildman–Crippen MR) is 151 cm³/mol. The van der Waals surface area contributed by atoms with E-state index in [0.29, 0.717) is 45.6 Å². The van der Waals surface area contributed by atoms with Crippen molar-refractivity contribution < 1.29 is 38.0 Å². The lowest BCUT2D eigenvalue weighted by molar-refractivity contribution is -0.172. The van der Waals surface area contributed by atoms with Gasteiger partial charge in [-0.05, 0) is 58.0 Å². The molecule has 3 aliphatic heterocycles. The van der Waals surface area contributed by atoms with E-state index >= 15 is 0 Å². The smallest absolute Gasteiger partial charge is 0.311 e. The molecule has 4 fully saturated rings. The fraction of sp³-hybridized carbons (Fsp3) is 0.931. The molecule has 0 aromatic carbocycles. The second-order valence-electron chi connectivity index (χ2n) is 11.7. The van der Waals surface area contributed by atoms with Crippen molar-refractivity contribution in [3.8, 4) is 0 Å². The molecule has 0 radical (unpaired) electrons. The first-order valence-corrected chi connectivity index (χ1v) is 15.5. The zero-order valence-electron chi connectivity index (χ0n) is 25.2. The summed E-state index contributed by atoms with van der Waals surface area (Å²) in [7, 11) is 4.94. The van der Waals surface area contributed by atoms with Crippen molar-refractivity contribution in [3.05, 3.63) is 0 Å². The summed E-state index contributed by atoms with van der Waals surface area (Å²) in [6.07, 6.45) is 4.06. The van der Waals surface area contributed by atoms with Gasteiger partial charge in [-0.1, -0.05) is 0 Å². The van der Waals surface area contributed by atoms with Crippen LogP contribution in [0.25, 0.3) is 0 Å². The molecule has 7 unspecified atom stereocenters. The first kappa shape index (κ1) is 32.5. The highest BCUT2D eigenvalue weighted by Gasteiger charge is 2.42. The topological polar surface area (TPSA) is 120 Å². The quantitative estimate of drug-likeness (QED) is 0.440. The molecule has 1 saturated carbocycles. The maximum Gasteiger partial charge on any atom is 0.311 e. The first-order chi connectivity index (χ1) is 20.0. The van der Waals surface area contributed by atoms with Crippen LogP contribution in [0.5, 0.6) is 0 Å². The fourth-order valence-electron chi connectivity index (χ4n) is 6.48. The van der Waals surface area contributed by atoms with Gasteiger partial charge in [-0.15, -0.1) is 0 Å². The van der Waals surface area contributed by atoms with Crippen LogP contribution in [0.1, 0.15) is 44.9 Å². The second-order valence-corrected chi connectivity index (χ2v) is 11.7.